The molecule has 0 saturated carbocycles. The molecule has 1 aliphatic rings. The summed E-state index contributed by atoms with van der Waals surface area (Å²) < 4.78 is 11.1. The minimum Gasteiger partial charge on any atom is -0.361 e. The number of hydrogen-bond acceptors (Lipinski definition) is 5. The number of pyridine rings is 1. The molecular formula is C19H16N3O4PS. The van der Waals surface area contributed by atoms with Gasteiger partial charge in [-0.15, -0.1) is 0 Å². The lowest BCUT2D eigenvalue weighted by atomic mass is 10.1. The van der Waals surface area contributed by atoms with E-state index in [1.165, 1.54) is 0 Å². The van der Waals surface area contributed by atoms with Crippen molar-refractivity contribution in [2.75, 3.05) is 10.6 Å². The van der Waals surface area contributed by atoms with Crippen LogP contribution in [0.5, 0.6) is 0 Å². The molecule has 0 atom stereocenters. The Labute approximate surface area is 164 Å². The SMILES string of the molecule is O=C1Nc2ncc(-c3ccsc3)cc2C1=CNc1ccc(CP(=O)(O)O)cc1. The molecule has 1 aliphatic heterocycles. The lowest BCUT2D eigenvalue weighted by Crippen LogP contribution is -2.05. The van der Waals surface area contributed by atoms with E-state index in [1.54, 1.807) is 48.0 Å². The lowest BCUT2D eigenvalue weighted by Gasteiger charge is -2.06. The molecule has 4 N–H and O–H groups in total. The van der Waals surface area contributed by atoms with Crippen LogP contribution in [0.15, 0.2) is 59.6 Å². The normalized spacial score (nSPS) is 14.8. The van der Waals surface area contributed by atoms with Crippen molar-refractivity contribution in [2.45, 2.75) is 6.16 Å². The fourth-order valence-electron chi connectivity index (χ4n) is 2.90. The Morgan fingerprint density at radius 1 is 1.18 bits per heavy atom. The van der Waals surface area contributed by atoms with E-state index in [9.17, 15) is 9.36 Å². The van der Waals surface area contributed by atoms with Gasteiger partial charge in [0.2, 0.25) is 0 Å². The number of anilines is 2. The van der Waals surface area contributed by atoms with Crippen LogP contribution in [0.2, 0.25) is 0 Å². The second-order valence-electron chi connectivity index (χ2n) is 6.31. The largest absolute Gasteiger partial charge is 0.361 e. The Morgan fingerprint density at radius 3 is 2.64 bits per heavy atom. The van der Waals surface area contributed by atoms with Crippen molar-refractivity contribution >= 4 is 41.9 Å². The van der Waals surface area contributed by atoms with Gasteiger partial charge in [-0.05, 0) is 46.2 Å². The third kappa shape index (κ3) is 4.05. The van der Waals surface area contributed by atoms with E-state index in [1.807, 2.05) is 22.9 Å². The molecule has 0 radical (unpaired) electrons. The highest BCUT2D eigenvalue weighted by Gasteiger charge is 2.26. The van der Waals surface area contributed by atoms with E-state index in [2.05, 4.69) is 15.6 Å². The summed E-state index contributed by atoms with van der Waals surface area (Å²) in [5.41, 5.74) is 4.42. The fourth-order valence-corrected chi connectivity index (χ4v) is 4.25. The van der Waals surface area contributed by atoms with Crippen molar-refractivity contribution in [1.29, 1.82) is 0 Å². The molecule has 9 heteroatoms. The van der Waals surface area contributed by atoms with E-state index >= 15 is 0 Å². The molecule has 0 fully saturated rings. The van der Waals surface area contributed by atoms with E-state index in [0.717, 1.165) is 16.7 Å². The third-order valence-corrected chi connectivity index (χ3v) is 5.69. The van der Waals surface area contributed by atoms with Gasteiger partial charge in [0.15, 0.2) is 0 Å². The highest BCUT2D eigenvalue weighted by Crippen LogP contribution is 2.39. The third-order valence-electron chi connectivity index (χ3n) is 4.23. The summed E-state index contributed by atoms with van der Waals surface area (Å²) in [5.74, 6) is 0.282. The monoisotopic (exact) mass is 413 g/mol. The Bertz CT molecular complexity index is 1100. The number of amides is 1. The van der Waals surface area contributed by atoms with E-state index in [-0.39, 0.29) is 12.1 Å². The summed E-state index contributed by atoms with van der Waals surface area (Å²) in [6.45, 7) is 0. The number of thiophene rings is 1. The topological polar surface area (TPSA) is 112 Å². The minimum atomic E-state index is -4.10. The summed E-state index contributed by atoms with van der Waals surface area (Å²) in [4.78, 5) is 34.7. The average molecular weight is 413 g/mol. The summed E-state index contributed by atoms with van der Waals surface area (Å²) in [5, 5.41) is 9.82. The Morgan fingerprint density at radius 2 is 1.96 bits per heavy atom. The minimum absolute atomic E-state index is 0.240. The average Bonchev–Trinajstić information content (AvgIpc) is 3.27. The Kier molecular flexibility index (Phi) is 4.87. The molecule has 0 unspecified atom stereocenters. The van der Waals surface area contributed by atoms with Crippen LogP contribution in [0, 0.1) is 0 Å². The zero-order chi connectivity index (χ0) is 19.7. The number of carbonyl (C=O) groups is 1. The van der Waals surface area contributed by atoms with Gasteiger partial charge in [-0.2, -0.15) is 11.3 Å². The summed E-state index contributed by atoms with van der Waals surface area (Å²) in [6, 6.07) is 10.6. The van der Waals surface area contributed by atoms with Crippen LogP contribution in [0.4, 0.5) is 11.5 Å². The van der Waals surface area contributed by atoms with Crippen LogP contribution in [0.3, 0.4) is 0 Å². The molecule has 4 rings (SSSR count). The number of rotatable bonds is 5. The molecule has 0 saturated heterocycles. The molecule has 1 amide bonds. The highest BCUT2D eigenvalue weighted by atomic mass is 32.1. The number of nitrogens with zero attached hydrogens (tertiary/aromatic N) is 1. The van der Waals surface area contributed by atoms with Gasteiger partial charge in [-0.3, -0.25) is 9.36 Å². The number of aromatic nitrogens is 1. The molecule has 28 heavy (non-hydrogen) atoms. The van der Waals surface area contributed by atoms with Crippen molar-refractivity contribution in [3.8, 4) is 11.1 Å². The second-order valence-corrected chi connectivity index (χ2v) is 8.73. The first-order valence-corrected chi connectivity index (χ1v) is 11.1. The van der Waals surface area contributed by atoms with Crippen molar-refractivity contribution in [3.05, 3.63) is 70.7 Å². The maximum atomic E-state index is 12.3. The second kappa shape index (κ2) is 7.33. The first-order chi connectivity index (χ1) is 13.4. The van der Waals surface area contributed by atoms with Crippen LogP contribution in [0.1, 0.15) is 11.1 Å². The fraction of sp³-hybridized carbons (Fsp3) is 0.0526. The highest BCUT2D eigenvalue weighted by molar-refractivity contribution is 7.50. The molecule has 1 aromatic carbocycles. The van der Waals surface area contributed by atoms with Gasteiger partial charge in [-0.25, -0.2) is 4.98 Å². The van der Waals surface area contributed by atoms with Gasteiger partial charge >= 0.3 is 7.60 Å². The van der Waals surface area contributed by atoms with Gasteiger partial charge in [0.1, 0.15) is 5.82 Å². The first-order valence-electron chi connectivity index (χ1n) is 8.34. The maximum absolute atomic E-state index is 12.3. The van der Waals surface area contributed by atoms with E-state index in [0.29, 0.717) is 22.6 Å². The van der Waals surface area contributed by atoms with Crippen molar-refractivity contribution in [2.24, 2.45) is 0 Å². The van der Waals surface area contributed by atoms with Crippen LogP contribution in [-0.2, 0) is 15.5 Å². The van der Waals surface area contributed by atoms with Crippen LogP contribution in [-0.4, -0.2) is 20.7 Å². The number of nitrogens with one attached hydrogen (secondary N) is 2. The van der Waals surface area contributed by atoms with Gasteiger partial charge in [0.25, 0.3) is 5.91 Å². The lowest BCUT2D eigenvalue weighted by molar-refractivity contribution is -0.110. The Hall–Kier alpha value is -2.77. The van der Waals surface area contributed by atoms with E-state index in [4.69, 9.17) is 9.79 Å². The van der Waals surface area contributed by atoms with Crippen LogP contribution < -0.4 is 10.6 Å². The van der Waals surface area contributed by atoms with Crippen molar-refractivity contribution in [3.63, 3.8) is 0 Å². The zero-order valence-corrected chi connectivity index (χ0v) is 16.2. The predicted molar refractivity (Wildman–Crippen MR) is 110 cm³/mol. The first kappa shape index (κ1) is 18.6. The maximum Gasteiger partial charge on any atom is 0.329 e. The quantitative estimate of drug-likeness (QED) is 0.373. The standard InChI is InChI=1S/C19H16N3O4PS/c23-19-17(9-20-15-3-1-12(2-4-15)10-27(24,25)26)16-7-14(8-21-18(16)22-19)13-5-6-28-11-13/h1-9,11,20H,10H2,(H,21,22,23)(H2,24,25,26). The van der Waals surface area contributed by atoms with Gasteiger partial charge in [0, 0.05) is 29.2 Å². The van der Waals surface area contributed by atoms with Crippen molar-refractivity contribution < 1.29 is 19.1 Å². The smallest absolute Gasteiger partial charge is 0.329 e. The molecule has 7 nitrogen and oxygen atoms in total. The number of carbonyl (C=O) groups excluding carboxylic acids is 1. The molecule has 142 valence electrons. The van der Waals surface area contributed by atoms with Crippen LogP contribution >= 0.6 is 18.9 Å². The molecule has 0 aliphatic carbocycles. The molecule has 3 aromatic rings. The summed E-state index contributed by atoms with van der Waals surface area (Å²) in [7, 11) is -4.10. The summed E-state index contributed by atoms with van der Waals surface area (Å²) >= 11 is 1.59. The molecule has 0 bridgehead atoms. The van der Waals surface area contributed by atoms with Gasteiger partial charge in [-0.1, -0.05) is 12.1 Å². The molecular weight excluding hydrogens is 397 g/mol. The molecule has 2 aromatic heterocycles. The number of fused-ring (bicyclic) bond motifs is 1. The van der Waals surface area contributed by atoms with Crippen molar-refractivity contribution in [1.82, 2.24) is 4.98 Å². The number of hydrogen-bond donors (Lipinski definition) is 4. The van der Waals surface area contributed by atoms with E-state index < -0.39 is 7.60 Å². The van der Waals surface area contributed by atoms with Gasteiger partial charge < -0.3 is 20.4 Å². The molecule has 3 heterocycles. The van der Waals surface area contributed by atoms with Crippen LogP contribution in [0.25, 0.3) is 16.7 Å². The Balaban J connectivity index is 1.57. The zero-order valence-electron chi connectivity index (χ0n) is 14.5. The molecule has 0 spiro atoms. The summed E-state index contributed by atoms with van der Waals surface area (Å²) in [6.07, 6.45) is 3.04. The van der Waals surface area contributed by atoms with Gasteiger partial charge in [0.05, 0.1) is 11.7 Å². The number of benzene rings is 1. The predicted octanol–water partition coefficient (Wildman–Crippen LogP) is 3.89.